The first kappa shape index (κ1) is 9.19. The molecule has 0 aromatic heterocycles. The maximum absolute atomic E-state index is 5.53. The van der Waals surface area contributed by atoms with E-state index in [0.717, 1.165) is 36.7 Å². The summed E-state index contributed by atoms with van der Waals surface area (Å²) < 4.78 is 15.9. The Kier molecular flexibility index (Phi) is 2.48. The molecule has 1 aromatic carbocycles. The molecular formula is C11H14O3. The first-order valence-corrected chi connectivity index (χ1v) is 4.73. The first-order chi connectivity index (χ1) is 6.85. The third kappa shape index (κ3) is 1.50. The zero-order valence-electron chi connectivity index (χ0n) is 8.50. The van der Waals surface area contributed by atoms with Crippen LogP contribution in [0.1, 0.15) is 12.0 Å². The van der Waals surface area contributed by atoms with Gasteiger partial charge in [0.15, 0.2) is 11.5 Å². The maximum Gasteiger partial charge on any atom is 0.164 e. The highest BCUT2D eigenvalue weighted by molar-refractivity contribution is 5.51. The van der Waals surface area contributed by atoms with Crippen molar-refractivity contribution < 1.29 is 14.2 Å². The van der Waals surface area contributed by atoms with E-state index in [4.69, 9.17) is 14.2 Å². The van der Waals surface area contributed by atoms with E-state index in [1.807, 2.05) is 12.1 Å². The summed E-state index contributed by atoms with van der Waals surface area (Å²) >= 11 is 0. The van der Waals surface area contributed by atoms with Crippen LogP contribution < -0.4 is 14.2 Å². The van der Waals surface area contributed by atoms with E-state index in [1.54, 1.807) is 14.2 Å². The summed E-state index contributed by atoms with van der Waals surface area (Å²) in [6.07, 6.45) is 2.12. The lowest BCUT2D eigenvalue weighted by molar-refractivity contribution is 0.282. The summed E-state index contributed by atoms with van der Waals surface area (Å²) in [7, 11) is 3.28. The van der Waals surface area contributed by atoms with Gasteiger partial charge in [-0.2, -0.15) is 0 Å². The minimum Gasteiger partial charge on any atom is -0.493 e. The number of rotatable bonds is 2. The molecule has 3 nitrogen and oxygen atoms in total. The molecule has 0 atom stereocenters. The first-order valence-electron chi connectivity index (χ1n) is 4.73. The lowest BCUT2D eigenvalue weighted by atomic mass is 10.1. The zero-order chi connectivity index (χ0) is 9.97. The Balaban J connectivity index is 2.43. The van der Waals surface area contributed by atoms with E-state index >= 15 is 0 Å². The Morgan fingerprint density at radius 1 is 1.14 bits per heavy atom. The lowest BCUT2D eigenvalue weighted by Gasteiger charge is -2.19. The molecule has 1 aromatic rings. The van der Waals surface area contributed by atoms with Gasteiger partial charge in [0, 0.05) is 6.07 Å². The zero-order valence-corrected chi connectivity index (χ0v) is 8.50. The molecule has 0 unspecified atom stereocenters. The fourth-order valence-corrected chi connectivity index (χ4v) is 1.68. The number of hydrogen-bond acceptors (Lipinski definition) is 3. The standard InChI is InChI=1S/C11H14O3/c1-12-10-6-8-4-3-5-14-9(8)7-11(10)13-2/h6-7H,3-5H2,1-2H3. The Bertz CT molecular complexity index is 289. The Hall–Kier alpha value is -1.38. The molecule has 0 amide bonds. The number of hydrogen-bond donors (Lipinski definition) is 0. The van der Waals surface area contributed by atoms with Crippen LogP contribution in [0.3, 0.4) is 0 Å². The highest BCUT2D eigenvalue weighted by atomic mass is 16.5. The Morgan fingerprint density at radius 2 is 1.86 bits per heavy atom. The second-order valence-corrected chi connectivity index (χ2v) is 3.27. The highest BCUT2D eigenvalue weighted by Gasteiger charge is 2.15. The SMILES string of the molecule is COc1cc2c(cc1OC)OCCC2. The number of aryl methyl sites for hydroxylation is 1. The minimum atomic E-state index is 0.730. The van der Waals surface area contributed by atoms with Crippen LogP contribution >= 0.6 is 0 Å². The summed E-state index contributed by atoms with van der Waals surface area (Å²) in [6.45, 7) is 0.794. The van der Waals surface area contributed by atoms with Crippen LogP contribution in [0.4, 0.5) is 0 Å². The van der Waals surface area contributed by atoms with Crippen molar-refractivity contribution in [3.8, 4) is 17.2 Å². The van der Waals surface area contributed by atoms with Gasteiger partial charge < -0.3 is 14.2 Å². The summed E-state index contributed by atoms with van der Waals surface area (Å²) in [5.74, 6) is 2.43. The molecule has 0 saturated carbocycles. The summed E-state index contributed by atoms with van der Waals surface area (Å²) in [5, 5.41) is 0. The van der Waals surface area contributed by atoms with Crippen molar-refractivity contribution >= 4 is 0 Å². The number of ether oxygens (including phenoxy) is 3. The second kappa shape index (κ2) is 3.78. The van der Waals surface area contributed by atoms with Gasteiger partial charge in [0.2, 0.25) is 0 Å². The van der Waals surface area contributed by atoms with Crippen LogP contribution in [0, 0.1) is 0 Å². The third-order valence-corrected chi connectivity index (χ3v) is 2.41. The molecular weight excluding hydrogens is 180 g/mol. The molecule has 0 radical (unpaired) electrons. The van der Waals surface area contributed by atoms with Crippen molar-refractivity contribution in [2.45, 2.75) is 12.8 Å². The van der Waals surface area contributed by atoms with Gasteiger partial charge in [0.05, 0.1) is 20.8 Å². The average molecular weight is 194 g/mol. The van der Waals surface area contributed by atoms with Gasteiger partial charge in [-0.25, -0.2) is 0 Å². The third-order valence-electron chi connectivity index (χ3n) is 2.41. The summed E-state index contributed by atoms with van der Waals surface area (Å²) in [5.41, 5.74) is 1.20. The van der Waals surface area contributed by atoms with E-state index < -0.39 is 0 Å². The van der Waals surface area contributed by atoms with Crippen LogP contribution in [-0.4, -0.2) is 20.8 Å². The molecule has 0 N–H and O–H groups in total. The molecule has 1 heterocycles. The molecule has 2 rings (SSSR count). The van der Waals surface area contributed by atoms with E-state index in [1.165, 1.54) is 5.56 Å². The van der Waals surface area contributed by atoms with Crippen molar-refractivity contribution in [3.05, 3.63) is 17.7 Å². The molecule has 1 aliphatic heterocycles. The van der Waals surface area contributed by atoms with Crippen LogP contribution in [0.15, 0.2) is 12.1 Å². The molecule has 0 aliphatic carbocycles. The van der Waals surface area contributed by atoms with Crippen molar-refractivity contribution in [2.24, 2.45) is 0 Å². The molecule has 0 saturated heterocycles. The molecule has 0 bridgehead atoms. The highest BCUT2D eigenvalue weighted by Crippen LogP contribution is 2.36. The quantitative estimate of drug-likeness (QED) is 0.721. The van der Waals surface area contributed by atoms with Gasteiger partial charge >= 0.3 is 0 Å². The lowest BCUT2D eigenvalue weighted by Crippen LogP contribution is -2.08. The van der Waals surface area contributed by atoms with Crippen LogP contribution in [0.5, 0.6) is 17.2 Å². The molecule has 14 heavy (non-hydrogen) atoms. The summed E-state index contributed by atoms with van der Waals surface area (Å²) in [6, 6.07) is 3.89. The van der Waals surface area contributed by atoms with E-state index in [0.29, 0.717) is 0 Å². The van der Waals surface area contributed by atoms with Crippen LogP contribution in [0.2, 0.25) is 0 Å². The van der Waals surface area contributed by atoms with Crippen LogP contribution in [-0.2, 0) is 6.42 Å². The van der Waals surface area contributed by atoms with Gasteiger partial charge in [-0.3, -0.25) is 0 Å². The molecule has 3 heteroatoms. The predicted molar refractivity (Wildman–Crippen MR) is 53.4 cm³/mol. The van der Waals surface area contributed by atoms with Crippen LogP contribution in [0.25, 0.3) is 0 Å². The fraction of sp³-hybridized carbons (Fsp3) is 0.455. The van der Waals surface area contributed by atoms with E-state index in [9.17, 15) is 0 Å². The second-order valence-electron chi connectivity index (χ2n) is 3.27. The van der Waals surface area contributed by atoms with Gasteiger partial charge in [0.25, 0.3) is 0 Å². The van der Waals surface area contributed by atoms with Crippen molar-refractivity contribution in [1.29, 1.82) is 0 Å². The Morgan fingerprint density at radius 3 is 2.57 bits per heavy atom. The number of benzene rings is 1. The smallest absolute Gasteiger partial charge is 0.164 e. The van der Waals surface area contributed by atoms with Gasteiger partial charge in [-0.15, -0.1) is 0 Å². The van der Waals surface area contributed by atoms with Gasteiger partial charge in [0.1, 0.15) is 5.75 Å². The number of fused-ring (bicyclic) bond motifs is 1. The minimum absolute atomic E-state index is 0.730. The Labute approximate surface area is 83.6 Å². The van der Waals surface area contributed by atoms with E-state index in [2.05, 4.69) is 0 Å². The van der Waals surface area contributed by atoms with Crippen molar-refractivity contribution in [2.75, 3.05) is 20.8 Å². The largest absolute Gasteiger partial charge is 0.493 e. The van der Waals surface area contributed by atoms with E-state index in [-0.39, 0.29) is 0 Å². The predicted octanol–water partition coefficient (Wildman–Crippen LogP) is 2.03. The topological polar surface area (TPSA) is 27.7 Å². The average Bonchev–Trinajstić information content (AvgIpc) is 2.27. The molecule has 1 aliphatic rings. The number of methoxy groups -OCH3 is 2. The normalized spacial score (nSPS) is 14.1. The van der Waals surface area contributed by atoms with Crippen molar-refractivity contribution in [3.63, 3.8) is 0 Å². The monoisotopic (exact) mass is 194 g/mol. The fourth-order valence-electron chi connectivity index (χ4n) is 1.68. The van der Waals surface area contributed by atoms with Gasteiger partial charge in [-0.05, 0) is 24.5 Å². The summed E-state index contributed by atoms with van der Waals surface area (Å²) in [4.78, 5) is 0. The van der Waals surface area contributed by atoms with Gasteiger partial charge in [-0.1, -0.05) is 0 Å². The molecule has 0 fully saturated rings. The van der Waals surface area contributed by atoms with Crippen molar-refractivity contribution in [1.82, 2.24) is 0 Å². The molecule has 76 valence electrons. The maximum atomic E-state index is 5.53. The molecule has 0 spiro atoms.